The van der Waals surface area contributed by atoms with E-state index in [1.54, 1.807) is 9.80 Å². The fourth-order valence-electron chi connectivity index (χ4n) is 3.68. The van der Waals surface area contributed by atoms with Crippen LogP contribution in [0.5, 0.6) is 0 Å². The van der Waals surface area contributed by atoms with Crippen molar-refractivity contribution in [3.05, 3.63) is 28.4 Å². The third-order valence-electron chi connectivity index (χ3n) is 5.05. The van der Waals surface area contributed by atoms with Crippen LogP contribution in [0, 0.1) is 5.92 Å². The summed E-state index contributed by atoms with van der Waals surface area (Å²) in [6.45, 7) is 5.21. The molecule has 2 aliphatic rings. The molecule has 2 saturated heterocycles. The van der Waals surface area contributed by atoms with Crippen molar-refractivity contribution in [1.29, 1.82) is 0 Å². The Morgan fingerprint density at radius 1 is 1.27 bits per heavy atom. The minimum atomic E-state index is -0.870. The molecular weight excluding hydrogens is 338 g/mol. The number of aromatic amines is 1. The van der Waals surface area contributed by atoms with E-state index in [0.717, 1.165) is 6.20 Å². The third-order valence-corrected chi connectivity index (χ3v) is 5.05. The molecule has 3 rings (SSSR count). The number of carbonyl (C=O) groups excluding carboxylic acids is 3. The van der Waals surface area contributed by atoms with Crippen LogP contribution in [0.3, 0.4) is 0 Å². The Morgan fingerprint density at radius 3 is 2.46 bits per heavy atom. The number of hydrogen-bond acceptors (Lipinski definition) is 5. The van der Waals surface area contributed by atoms with E-state index >= 15 is 0 Å². The summed E-state index contributed by atoms with van der Waals surface area (Å²) in [6.07, 6.45) is 3.14. The number of urea groups is 1. The predicted octanol–water partition coefficient (Wildman–Crippen LogP) is 0.295. The molecular formula is C17H23N5O4. The summed E-state index contributed by atoms with van der Waals surface area (Å²) in [7, 11) is 1.51. The Bertz CT molecular complexity index is 774. The number of carbonyl (C=O) groups is 3. The highest BCUT2D eigenvalue weighted by atomic mass is 16.2. The van der Waals surface area contributed by atoms with Gasteiger partial charge < -0.3 is 14.8 Å². The van der Waals surface area contributed by atoms with Crippen LogP contribution in [0.1, 0.15) is 37.2 Å². The van der Waals surface area contributed by atoms with Gasteiger partial charge in [-0.2, -0.15) is 0 Å². The van der Waals surface area contributed by atoms with E-state index in [1.165, 1.54) is 18.1 Å². The Balaban J connectivity index is 1.78. The summed E-state index contributed by atoms with van der Waals surface area (Å²) in [5, 5.41) is 0. The van der Waals surface area contributed by atoms with Gasteiger partial charge in [0.1, 0.15) is 11.2 Å². The lowest BCUT2D eigenvalue weighted by atomic mass is 9.85. The van der Waals surface area contributed by atoms with Crippen LogP contribution in [0.25, 0.3) is 0 Å². The average molecular weight is 361 g/mol. The molecule has 0 saturated carbocycles. The number of nitrogens with zero attached hydrogens (tertiary/aromatic N) is 4. The molecule has 4 amide bonds. The Kier molecular flexibility index (Phi) is 4.55. The van der Waals surface area contributed by atoms with Crippen molar-refractivity contribution in [2.24, 2.45) is 5.92 Å². The molecule has 140 valence electrons. The van der Waals surface area contributed by atoms with Crippen molar-refractivity contribution >= 4 is 17.8 Å². The molecule has 0 atom stereocenters. The van der Waals surface area contributed by atoms with Crippen LogP contribution >= 0.6 is 0 Å². The molecule has 1 aromatic heterocycles. The zero-order valence-corrected chi connectivity index (χ0v) is 15.2. The molecule has 1 aromatic rings. The summed E-state index contributed by atoms with van der Waals surface area (Å²) in [5.41, 5.74) is -1.09. The fourth-order valence-corrected chi connectivity index (χ4v) is 3.68. The number of likely N-dealkylation sites (N-methyl/N-ethyl adjacent to an activating group) is 1. The molecule has 9 nitrogen and oxygen atoms in total. The van der Waals surface area contributed by atoms with Gasteiger partial charge in [-0.15, -0.1) is 0 Å². The monoisotopic (exact) mass is 361 g/mol. The maximum atomic E-state index is 12.8. The average Bonchev–Trinajstić information content (AvgIpc) is 2.78. The number of piperidine rings is 1. The summed E-state index contributed by atoms with van der Waals surface area (Å²) < 4.78 is 0. The van der Waals surface area contributed by atoms with Crippen molar-refractivity contribution in [1.82, 2.24) is 24.7 Å². The molecule has 26 heavy (non-hydrogen) atoms. The maximum Gasteiger partial charge on any atom is 0.327 e. The second-order valence-electron chi connectivity index (χ2n) is 7.27. The zero-order chi connectivity index (χ0) is 19.1. The van der Waals surface area contributed by atoms with E-state index in [2.05, 4.69) is 9.97 Å². The predicted molar refractivity (Wildman–Crippen MR) is 92.4 cm³/mol. The molecule has 2 aliphatic heterocycles. The van der Waals surface area contributed by atoms with Crippen LogP contribution in [0.4, 0.5) is 4.79 Å². The van der Waals surface area contributed by atoms with Gasteiger partial charge >= 0.3 is 6.03 Å². The second kappa shape index (κ2) is 6.54. The van der Waals surface area contributed by atoms with Gasteiger partial charge in [0.15, 0.2) is 0 Å². The first-order chi connectivity index (χ1) is 12.3. The number of H-pyrrole nitrogens is 1. The van der Waals surface area contributed by atoms with Gasteiger partial charge in [0.2, 0.25) is 0 Å². The lowest BCUT2D eigenvalue weighted by molar-refractivity contribution is -0.134. The molecule has 1 N–H and O–H groups in total. The maximum absolute atomic E-state index is 12.8. The highest BCUT2D eigenvalue weighted by molar-refractivity contribution is 6.07. The highest BCUT2D eigenvalue weighted by Gasteiger charge is 2.57. The van der Waals surface area contributed by atoms with Crippen LogP contribution in [-0.2, 0) is 4.79 Å². The number of rotatable bonds is 3. The molecule has 1 spiro atoms. The van der Waals surface area contributed by atoms with Gasteiger partial charge in [-0.3, -0.25) is 19.3 Å². The van der Waals surface area contributed by atoms with Crippen LogP contribution in [0.2, 0.25) is 0 Å². The fraction of sp³-hybridized carbons (Fsp3) is 0.588. The Labute approximate surface area is 151 Å². The SMILES string of the molecule is CC(C)CN1C(=O)N(C)C(=O)C12CCN(C(=O)c1c[nH]c(=O)cn1)CC2. The first-order valence-corrected chi connectivity index (χ1v) is 8.70. The number of nitrogens with one attached hydrogen (secondary N) is 1. The Morgan fingerprint density at radius 2 is 1.92 bits per heavy atom. The summed E-state index contributed by atoms with van der Waals surface area (Å²) in [6, 6.07) is -0.272. The van der Waals surface area contributed by atoms with Gasteiger partial charge in [0.25, 0.3) is 17.4 Å². The van der Waals surface area contributed by atoms with Gasteiger partial charge in [0.05, 0.1) is 6.20 Å². The van der Waals surface area contributed by atoms with E-state index in [4.69, 9.17) is 0 Å². The largest absolute Gasteiger partial charge is 0.337 e. The summed E-state index contributed by atoms with van der Waals surface area (Å²) in [5.74, 6) is -0.255. The van der Waals surface area contributed by atoms with Crippen molar-refractivity contribution < 1.29 is 14.4 Å². The molecule has 0 radical (unpaired) electrons. The summed E-state index contributed by atoms with van der Waals surface area (Å²) >= 11 is 0. The van der Waals surface area contributed by atoms with Crippen LogP contribution < -0.4 is 5.56 Å². The molecule has 0 unspecified atom stereocenters. The van der Waals surface area contributed by atoms with Crippen molar-refractivity contribution in [2.75, 3.05) is 26.7 Å². The smallest absolute Gasteiger partial charge is 0.327 e. The normalized spacial score (nSPS) is 19.8. The molecule has 0 aliphatic carbocycles. The van der Waals surface area contributed by atoms with Gasteiger partial charge in [0, 0.05) is 32.9 Å². The quantitative estimate of drug-likeness (QED) is 0.779. The highest BCUT2D eigenvalue weighted by Crippen LogP contribution is 2.37. The van der Waals surface area contributed by atoms with Gasteiger partial charge in [-0.05, 0) is 18.8 Å². The standard InChI is InChI=1S/C17H23N5O4/c1-11(2)10-22-16(26)20(3)15(25)17(22)4-6-21(7-5-17)14(24)12-8-19-13(23)9-18-12/h8-9,11H,4-7,10H2,1-3H3,(H,19,23). The van der Waals surface area contributed by atoms with Gasteiger partial charge in [-0.25, -0.2) is 9.78 Å². The molecule has 3 heterocycles. The topological polar surface area (TPSA) is 107 Å². The Hall–Kier alpha value is -2.71. The van der Waals surface area contributed by atoms with Crippen molar-refractivity contribution in [3.63, 3.8) is 0 Å². The van der Waals surface area contributed by atoms with E-state index < -0.39 is 5.54 Å². The van der Waals surface area contributed by atoms with E-state index in [-0.39, 0.29) is 35.0 Å². The zero-order valence-electron chi connectivity index (χ0n) is 15.2. The van der Waals surface area contributed by atoms with Crippen LogP contribution in [-0.4, -0.2) is 74.7 Å². The minimum absolute atomic E-state index is 0.158. The number of hydrogen-bond donors (Lipinski definition) is 1. The van der Waals surface area contributed by atoms with E-state index in [9.17, 15) is 19.2 Å². The second-order valence-corrected chi connectivity index (χ2v) is 7.27. The van der Waals surface area contributed by atoms with Crippen LogP contribution in [0.15, 0.2) is 17.2 Å². The third kappa shape index (κ3) is 2.87. The van der Waals surface area contributed by atoms with E-state index in [0.29, 0.717) is 32.5 Å². The van der Waals surface area contributed by atoms with E-state index in [1.807, 2.05) is 13.8 Å². The molecule has 0 bridgehead atoms. The molecule has 0 aromatic carbocycles. The first-order valence-electron chi connectivity index (χ1n) is 8.70. The summed E-state index contributed by atoms with van der Waals surface area (Å²) in [4.78, 5) is 59.7. The minimum Gasteiger partial charge on any atom is -0.337 e. The molecule has 9 heteroatoms. The number of likely N-dealkylation sites (tertiary alicyclic amines) is 1. The lowest BCUT2D eigenvalue weighted by Gasteiger charge is -2.42. The van der Waals surface area contributed by atoms with Gasteiger partial charge in [-0.1, -0.05) is 13.8 Å². The number of imide groups is 1. The van der Waals surface area contributed by atoms with Crippen molar-refractivity contribution in [2.45, 2.75) is 32.2 Å². The number of amides is 4. The lowest BCUT2D eigenvalue weighted by Crippen LogP contribution is -2.58. The first kappa shape index (κ1) is 18.1. The van der Waals surface area contributed by atoms with Crippen molar-refractivity contribution in [3.8, 4) is 0 Å². The number of aromatic nitrogens is 2. The molecule has 2 fully saturated rings.